The molecule has 76 valence electrons. The first-order chi connectivity index (χ1) is 6.85. The smallest absolute Gasteiger partial charge is 0.0262 e. The van der Waals surface area contributed by atoms with Crippen LogP contribution in [-0.2, 0) is 13.0 Å². The van der Waals surface area contributed by atoms with Crippen LogP contribution in [0.1, 0.15) is 18.1 Å². The summed E-state index contributed by atoms with van der Waals surface area (Å²) in [6, 6.07) is 9.23. The molecule has 1 aromatic rings. The molecule has 0 saturated carbocycles. The first-order valence-electron chi connectivity index (χ1n) is 5.36. The van der Waals surface area contributed by atoms with Crippen LogP contribution in [0.4, 0.5) is 0 Å². The molecule has 0 radical (unpaired) electrons. The van der Waals surface area contributed by atoms with Crippen LogP contribution in [0.25, 0.3) is 0 Å². The maximum absolute atomic E-state index is 5.78. The average molecular weight is 190 g/mol. The Bertz CT molecular complexity index is 278. The summed E-state index contributed by atoms with van der Waals surface area (Å²) in [5.41, 5.74) is 8.74. The molecule has 2 N–H and O–H groups in total. The second-order valence-electron chi connectivity index (χ2n) is 3.93. The lowest BCUT2D eigenvalue weighted by Crippen LogP contribution is -2.44. The number of nitrogens with zero attached hydrogens (tertiary/aromatic N) is 1. The lowest BCUT2D eigenvalue weighted by molar-refractivity contribution is 0.186. The first-order valence-corrected chi connectivity index (χ1v) is 5.36. The van der Waals surface area contributed by atoms with Gasteiger partial charge in [0.05, 0.1) is 0 Å². The fourth-order valence-electron chi connectivity index (χ4n) is 2.24. The highest BCUT2D eigenvalue weighted by Crippen LogP contribution is 2.22. The highest BCUT2D eigenvalue weighted by Gasteiger charge is 2.22. The van der Waals surface area contributed by atoms with Crippen LogP contribution < -0.4 is 5.73 Å². The quantitative estimate of drug-likeness (QED) is 0.763. The Morgan fingerprint density at radius 3 is 2.71 bits per heavy atom. The van der Waals surface area contributed by atoms with Crippen molar-refractivity contribution in [2.45, 2.75) is 25.9 Å². The third-order valence-electron chi connectivity index (χ3n) is 3.14. The van der Waals surface area contributed by atoms with Crippen LogP contribution in [0.2, 0.25) is 0 Å². The van der Waals surface area contributed by atoms with Gasteiger partial charge in [0.2, 0.25) is 0 Å². The van der Waals surface area contributed by atoms with Crippen LogP contribution in [0.15, 0.2) is 24.3 Å². The van der Waals surface area contributed by atoms with Gasteiger partial charge >= 0.3 is 0 Å². The van der Waals surface area contributed by atoms with Crippen molar-refractivity contribution in [1.29, 1.82) is 0 Å². The summed E-state index contributed by atoms with van der Waals surface area (Å²) < 4.78 is 0. The van der Waals surface area contributed by atoms with Crippen LogP contribution in [0, 0.1) is 0 Å². The summed E-state index contributed by atoms with van der Waals surface area (Å²) in [5, 5.41) is 0. The molecule has 1 atom stereocenters. The van der Waals surface area contributed by atoms with Crippen molar-refractivity contribution in [3.05, 3.63) is 35.4 Å². The third-order valence-corrected chi connectivity index (χ3v) is 3.14. The van der Waals surface area contributed by atoms with Crippen molar-refractivity contribution in [2.75, 3.05) is 13.1 Å². The van der Waals surface area contributed by atoms with Gasteiger partial charge in [-0.2, -0.15) is 0 Å². The van der Waals surface area contributed by atoms with E-state index in [0.29, 0.717) is 6.04 Å². The Morgan fingerprint density at radius 1 is 1.36 bits per heavy atom. The lowest BCUT2D eigenvalue weighted by atomic mass is 9.94. The molecule has 0 amide bonds. The number of likely N-dealkylation sites (N-methyl/N-ethyl adjacent to an activating group) is 1. The Labute approximate surface area is 85.7 Å². The van der Waals surface area contributed by atoms with Gasteiger partial charge in [-0.05, 0) is 24.1 Å². The molecule has 14 heavy (non-hydrogen) atoms. The summed E-state index contributed by atoms with van der Waals surface area (Å²) in [6.45, 7) is 5.13. The van der Waals surface area contributed by atoms with E-state index in [2.05, 4.69) is 36.1 Å². The highest BCUT2D eigenvalue weighted by atomic mass is 15.2. The minimum Gasteiger partial charge on any atom is -0.329 e. The van der Waals surface area contributed by atoms with Gasteiger partial charge in [-0.15, -0.1) is 0 Å². The minimum absolute atomic E-state index is 0.537. The average Bonchev–Trinajstić information content (AvgIpc) is 2.27. The number of nitrogens with two attached hydrogens (primary N) is 1. The van der Waals surface area contributed by atoms with E-state index in [1.807, 2.05) is 0 Å². The number of fused-ring (bicyclic) bond motifs is 1. The van der Waals surface area contributed by atoms with E-state index in [0.717, 1.165) is 26.1 Å². The lowest BCUT2D eigenvalue weighted by Gasteiger charge is -2.35. The molecular formula is C12H18N2. The zero-order chi connectivity index (χ0) is 9.97. The van der Waals surface area contributed by atoms with Crippen LogP contribution >= 0.6 is 0 Å². The van der Waals surface area contributed by atoms with Gasteiger partial charge in [-0.3, -0.25) is 4.90 Å². The minimum atomic E-state index is 0.537. The summed E-state index contributed by atoms with van der Waals surface area (Å²) in [4.78, 5) is 2.46. The van der Waals surface area contributed by atoms with Crippen molar-refractivity contribution in [1.82, 2.24) is 4.90 Å². The van der Waals surface area contributed by atoms with Crippen molar-refractivity contribution in [3.8, 4) is 0 Å². The molecule has 1 heterocycles. The standard InChI is InChI=1S/C12H18N2/c1-2-14-9-11-6-4-3-5-10(11)7-12(14)8-13/h3-6,12H,2,7-9,13H2,1H3/t12-/m1/s1. The third kappa shape index (κ3) is 1.68. The highest BCUT2D eigenvalue weighted by molar-refractivity contribution is 5.30. The molecule has 1 aliphatic heterocycles. The normalized spacial score (nSPS) is 22.0. The van der Waals surface area contributed by atoms with Crippen molar-refractivity contribution in [3.63, 3.8) is 0 Å². The summed E-state index contributed by atoms with van der Waals surface area (Å²) in [7, 11) is 0. The molecule has 1 aromatic carbocycles. The number of rotatable bonds is 2. The fourth-order valence-corrected chi connectivity index (χ4v) is 2.24. The number of hydrogen-bond donors (Lipinski definition) is 1. The Kier molecular flexibility index (Phi) is 2.85. The van der Waals surface area contributed by atoms with Gasteiger partial charge in [0.1, 0.15) is 0 Å². The van der Waals surface area contributed by atoms with Gasteiger partial charge in [0.15, 0.2) is 0 Å². The van der Waals surface area contributed by atoms with E-state index >= 15 is 0 Å². The first kappa shape index (κ1) is 9.69. The summed E-state index contributed by atoms with van der Waals surface area (Å²) >= 11 is 0. The fraction of sp³-hybridized carbons (Fsp3) is 0.500. The Hall–Kier alpha value is -0.860. The second-order valence-corrected chi connectivity index (χ2v) is 3.93. The maximum atomic E-state index is 5.78. The molecule has 1 aliphatic rings. The summed E-state index contributed by atoms with van der Waals surface area (Å²) in [6.07, 6.45) is 1.11. The predicted molar refractivity (Wildman–Crippen MR) is 59.1 cm³/mol. The SMILES string of the molecule is CCN1Cc2ccccc2C[C@@H]1CN. The van der Waals surface area contributed by atoms with Crippen LogP contribution in [-0.4, -0.2) is 24.0 Å². The predicted octanol–water partition coefficient (Wildman–Crippen LogP) is 1.39. The molecule has 0 saturated heterocycles. The topological polar surface area (TPSA) is 29.3 Å². The van der Waals surface area contributed by atoms with E-state index in [4.69, 9.17) is 5.73 Å². The Morgan fingerprint density at radius 2 is 2.07 bits per heavy atom. The second kappa shape index (κ2) is 4.11. The van der Waals surface area contributed by atoms with Gasteiger partial charge < -0.3 is 5.73 Å². The van der Waals surface area contributed by atoms with Crippen LogP contribution in [0.3, 0.4) is 0 Å². The number of hydrogen-bond acceptors (Lipinski definition) is 2. The molecular weight excluding hydrogens is 172 g/mol. The van der Waals surface area contributed by atoms with Crippen molar-refractivity contribution in [2.24, 2.45) is 5.73 Å². The van der Waals surface area contributed by atoms with E-state index < -0.39 is 0 Å². The van der Waals surface area contributed by atoms with Gasteiger partial charge in [-0.25, -0.2) is 0 Å². The van der Waals surface area contributed by atoms with E-state index in [9.17, 15) is 0 Å². The van der Waals surface area contributed by atoms with Gasteiger partial charge in [0, 0.05) is 19.1 Å². The molecule has 0 aromatic heterocycles. The Balaban J connectivity index is 2.25. The molecule has 0 aliphatic carbocycles. The molecule has 0 fully saturated rings. The van der Waals surface area contributed by atoms with Crippen molar-refractivity contribution < 1.29 is 0 Å². The maximum Gasteiger partial charge on any atom is 0.0262 e. The molecule has 0 spiro atoms. The summed E-state index contributed by atoms with van der Waals surface area (Å²) in [5.74, 6) is 0. The number of benzene rings is 1. The molecule has 0 bridgehead atoms. The molecule has 2 heteroatoms. The molecule has 2 rings (SSSR count). The zero-order valence-electron chi connectivity index (χ0n) is 8.74. The molecule has 2 nitrogen and oxygen atoms in total. The molecule has 0 unspecified atom stereocenters. The largest absolute Gasteiger partial charge is 0.329 e. The monoisotopic (exact) mass is 190 g/mol. The van der Waals surface area contributed by atoms with Gasteiger partial charge in [0.25, 0.3) is 0 Å². The van der Waals surface area contributed by atoms with Gasteiger partial charge in [-0.1, -0.05) is 31.2 Å². The van der Waals surface area contributed by atoms with Crippen molar-refractivity contribution >= 4 is 0 Å². The van der Waals surface area contributed by atoms with Crippen LogP contribution in [0.5, 0.6) is 0 Å². The van der Waals surface area contributed by atoms with E-state index in [1.54, 1.807) is 0 Å². The van der Waals surface area contributed by atoms with E-state index in [1.165, 1.54) is 11.1 Å². The van der Waals surface area contributed by atoms with E-state index in [-0.39, 0.29) is 0 Å². The zero-order valence-corrected chi connectivity index (χ0v) is 8.74.